The number of aliphatic imine (C=N–C) groups is 1. The Hall–Kier alpha value is -2.44. The lowest BCUT2D eigenvalue weighted by Gasteiger charge is -2.20. The van der Waals surface area contributed by atoms with Crippen LogP contribution in [0.25, 0.3) is 0 Å². The van der Waals surface area contributed by atoms with Crippen molar-refractivity contribution in [1.82, 2.24) is 16.0 Å². The van der Waals surface area contributed by atoms with Crippen molar-refractivity contribution >= 4 is 12.1 Å². The summed E-state index contributed by atoms with van der Waals surface area (Å²) in [4.78, 5) is 16.5. The van der Waals surface area contributed by atoms with Crippen molar-refractivity contribution in [2.45, 2.75) is 51.6 Å². The molecule has 1 aromatic carbocycles. The molecule has 28 heavy (non-hydrogen) atoms. The minimum absolute atomic E-state index is 0.0592. The van der Waals surface area contributed by atoms with Gasteiger partial charge in [0.25, 0.3) is 0 Å². The van der Waals surface area contributed by atoms with Gasteiger partial charge >= 0.3 is 6.09 Å². The van der Waals surface area contributed by atoms with Gasteiger partial charge in [-0.1, -0.05) is 18.2 Å². The molecule has 1 aliphatic carbocycles. The summed E-state index contributed by atoms with van der Waals surface area (Å²) in [6.45, 7) is 10.0. The van der Waals surface area contributed by atoms with Crippen LogP contribution < -0.4 is 20.7 Å². The van der Waals surface area contributed by atoms with Crippen molar-refractivity contribution in [3.05, 3.63) is 29.8 Å². The maximum Gasteiger partial charge on any atom is 0.407 e. The second kappa shape index (κ2) is 9.66. The largest absolute Gasteiger partial charge is 0.496 e. The Morgan fingerprint density at radius 3 is 2.43 bits per heavy atom. The molecule has 0 aromatic heterocycles. The van der Waals surface area contributed by atoms with Crippen LogP contribution in [0.3, 0.4) is 0 Å². The fourth-order valence-electron chi connectivity index (χ4n) is 2.98. The smallest absolute Gasteiger partial charge is 0.407 e. The van der Waals surface area contributed by atoms with Crippen LogP contribution in [0.15, 0.2) is 29.3 Å². The zero-order chi connectivity index (χ0) is 20.6. The Bertz CT molecular complexity index is 678. The maximum atomic E-state index is 11.7. The van der Waals surface area contributed by atoms with Gasteiger partial charge in [0.2, 0.25) is 0 Å². The second-order valence-corrected chi connectivity index (χ2v) is 8.03. The van der Waals surface area contributed by atoms with Crippen molar-refractivity contribution in [2.75, 3.05) is 33.3 Å². The van der Waals surface area contributed by atoms with E-state index in [2.05, 4.69) is 22.0 Å². The molecule has 0 radical (unpaired) electrons. The van der Waals surface area contributed by atoms with E-state index in [1.165, 1.54) is 5.56 Å². The van der Waals surface area contributed by atoms with E-state index >= 15 is 0 Å². The van der Waals surface area contributed by atoms with Crippen LogP contribution in [0.1, 0.15) is 46.1 Å². The van der Waals surface area contributed by atoms with E-state index in [1.807, 2.05) is 45.9 Å². The minimum Gasteiger partial charge on any atom is -0.496 e. The number of alkyl carbamates (subject to hydrolysis) is 1. The molecule has 0 saturated heterocycles. The third-order valence-corrected chi connectivity index (χ3v) is 4.50. The van der Waals surface area contributed by atoms with Crippen LogP contribution >= 0.6 is 0 Å². The van der Waals surface area contributed by atoms with Gasteiger partial charge in [-0.2, -0.15) is 0 Å². The summed E-state index contributed by atoms with van der Waals surface area (Å²) in [5, 5.41) is 9.25. The zero-order valence-electron chi connectivity index (χ0n) is 17.7. The molecule has 1 fully saturated rings. The SMILES string of the molecule is CCNC(=NCC1(c2ccccc2OC)CC1)NCCNC(=O)OC(C)(C)C. The monoisotopic (exact) mass is 390 g/mol. The third-order valence-electron chi connectivity index (χ3n) is 4.50. The van der Waals surface area contributed by atoms with E-state index in [9.17, 15) is 4.79 Å². The summed E-state index contributed by atoms with van der Waals surface area (Å²) >= 11 is 0. The number of ether oxygens (including phenoxy) is 2. The summed E-state index contributed by atoms with van der Waals surface area (Å²) in [6, 6.07) is 8.18. The molecule has 0 heterocycles. The second-order valence-electron chi connectivity index (χ2n) is 8.03. The standard InChI is InChI=1S/C21H34N4O3/c1-6-22-18(23-13-14-24-19(26)28-20(2,3)4)25-15-21(11-12-21)16-9-7-8-10-17(16)27-5/h7-10H,6,11-15H2,1-5H3,(H,24,26)(H2,22,23,25). The molecule has 7 nitrogen and oxygen atoms in total. The summed E-state index contributed by atoms with van der Waals surface area (Å²) < 4.78 is 10.8. The van der Waals surface area contributed by atoms with E-state index in [-0.39, 0.29) is 5.41 Å². The first-order valence-corrected chi connectivity index (χ1v) is 9.92. The molecular weight excluding hydrogens is 356 g/mol. The van der Waals surface area contributed by atoms with Gasteiger partial charge in [-0.25, -0.2) is 4.79 Å². The number of amides is 1. The summed E-state index contributed by atoms with van der Waals surface area (Å²) in [6.07, 6.45) is 1.80. The van der Waals surface area contributed by atoms with Gasteiger partial charge in [-0.3, -0.25) is 4.99 Å². The fraction of sp³-hybridized carbons (Fsp3) is 0.619. The van der Waals surface area contributed by atoms with Crippen molar-refractivity contribution in [3.63, 3.8) is 0 Å². The normalized spacial score (nSPS) is 15.5. The quantitative estimate of drug-likeness (QED) is 0.361. The molecule has 0 aliphatic heterocycles. The Kier molecular flexibility index (Phi) is 7.54. The molecule has 0 unspecified atom stereocenters. The van der Waals surface area contributed by atoms with Gasteiger partial charge in [0.05, 0.1) is 13.7 Å². The van der Waals surface area contributed by atoms with Gasteiger partial charge in [-0.15, -0.1) is 0 Å². The molecule has 3 N–H and O–H groups in total. The van der Waals surface area contributed by atoms with Crippen LogP contribution in [0.2, 0.25) is 0 Å². The molecule has 1 saturated carbocycles. The lowest BCUT2D eigenvalue weighted by atomic mass is 9.95. The lowest BCUT2D eigenvalue weighted by Crippen LogP contribution is -2.42. The summed E-state index contributed by atoms with van der Waals surface area (Å²) in [5.74, 6) is 1.67. The molecule has 1 aromatic rings. The van der Waals surface area contributed by atoms with Gasteiger partial charge in [0.15, 0.2) is 5.96 Å². The minimum atomic E-state index is -0.495. The molecule has 156 valence electrons. The molecule has 2 rings (SSSR count). The topological polar surface area (TPSA) is 84.0 Å². The number of rotatable bonds is 8. The Morgan fingerprint density at radius 2 is 1.82 bits per heavy atom. The number of para-hydroxylation sites is 1. The molecule has 0 spiro atoms. The van der Waals surface area contributed by atoms with Crippen molar-refractivity contribution < 1.29 is 14.3 Å². The van der Waals surface area contributed by atoms with Gasteiger partial charge < -0.3 is 25.4 Å². The first-order chi connectivity index (χ1) is 13.3. The predicted molar refractivity (Wildman–Crippen MR) is 112 cm³/mol. The van der Waals surface area contributed by atoms with Gasteiger partial charge in [-0.05, 0) is 46.6 Å². The van der Waals surface area contributed by atoms with Crippen molar-refractivity contribution in [1.29, 1.82) is 0 Å². The number of benzene rings is 1. The molecule has 1 aliphatic rings. The zero-order valence-corrected chi connectivity index (χ0v) is 17.7. The number of nitrogens with one attached hydrogen (secondary N) is 3. The Labute approximate surface area is 168 Å². The molecular formula is C21H34N4O3. The average Bonchev–Trinajstić information content (AvgIpc) is 3.42. The van der Waals surface area contributed by atoms with Crippen molar-refractivity contribution in [3.8, 4) is 5.75 Å². The third kappa shape index (κ3) is 6.62. The molecule has 1 amide bonds. The highest BCUT2D eigenvalue weighted by molar-refractivity contribution is 5.80. The summed E-state index contributed by atoms with van der Waals surface area (Å²) in [7, 11) is 1.71. The van der Waals surface area contributed by atoms with Crippen LogP contribution in [0.4, 0.5) is 4.79 Å². The fourth-order valence-corrected chi connectivity index (χ4v) is 2.98. The first-order valence-electron chi connectivity index (χ1n) is 9.92. The Balaban J connectivity index is 1.88. The summed E-state index contributed by atoms with van der Waals surface area (Å²) in [5.41, 5.74) is 0.790. The van der Waals surface area contributed by atoms with E-state index in [0.29, 0.717) is 19.6 Å². The lowest BCUT2D eigenvalue weighted by molar-refractivity contribution is 0.0529. The van der Waals surface area contributed by atoms with E-state index in [1.54, 1.807) is 7.11 Å². The highest BCUT2D eigenvalue weighted by atomic mass is 16.6. The van der Waals surface area contributed by atoms with Crippen LogP contribution in [0.5, 0.6) is 5.75 Å². The van der Waals surface area contributed by atoms with Crippen molar-refractivity contribution in [2.24, 2.45) is 4.99 Å². The highest BCUT2D eigenvalue weighted by Gasteiger charge is 2.46. The van der Waals surface area contributed by atoms with E-state index in [4.69, 9.17) is 14.5 Å². The average molecular weight is 391 g/mol. The highest BCUT2D eigenvalue weighted by Crippen LogP contribution is 2.51. The van der Waals surface area contributed by atoms with Crippen LogP contribution in [-0.4, -0.2) is 50.9 Å². The predicted octanol–water partition coefficient (Wildman–Crippen LogP) is 2.81. The maximum absolute atomic E-state index is 11.7. The number of methoxy groups -OCH3 is 1. The molecule has 0 bridgehead atoms. The van der Waals surface area contributed by atoms with Gasteiger partial charge in [0.1, 0.15) is 11.4 Å². The molecule has 0 atom stereocenters. The number of carbonyl (C=O) groups excluding carboxylic acids is 1. The number of hydrogen-bond acceptors (Lipinski definition) is 4. The number of guanidine groups is 1. The Morgan fingerprint density at radius 1 is 1.14 bits per heavy atom. The number of nitrogens with zero attached hydrogens (tertiary/aromatic N) is 1. The number of hydrogen-bond donors (Lipinski definition) is 3. The number of carbonyl (C=O) groups is 1. The molecule has 7 heteroatoms. The van der Waals surface area contributed by atoms with Gasteiger partial charge in [0, 0.05) is 30.6 Å². The van der Waals surface area contributed by atoms with E-state index in [0.717, 1.165) is 31.1 Å². The van der Waals surface area contributed by atoms with Crippen LogP contribution in [0, 0.1) is 0 Å². The van der Waals surface area contributed by atoms with E-state index < -0.39 is 11.7 Å². The van der Waals surface area contributed by atoms with Crippen LogP contribution in [-0.2, 0) is 10.2 Å². The first kappa shape index (κ1) is 21.9.